The molecule has 5 nitrogen and oxygen atoms in total. The summed E-state index contributed by atoms with van der Waals surface area (Å²) in [6.07, 6.45) is 5.52. The van der Waals surface area contributed by atoms with E-state index in [1.165, 1.54) is 24.5 Å². The Morgan fingerprint density at radius 3 is 2.68 bits per heavy atom. The molecule has 1 heterocycles. The van der Waals surface area contributed by atoms with Crippen molar-refractivity contribution in [2.24, 2.45) is 0 Å². The van der Waals surface area contributed by atoms with Gasteiger partial charge >= 0.3 is 0 Å². The van der Waals surface area contributed by atoms with E-state index >= 15 is 0 Å². The zero-order valence-corrected chi connectivity index (χ0v) is 14.0. The van der Waals surface area contributed by atoms with E-state index in [0.29, 0.717) is 29.2 Å². The Labute approximate surface area is 149 Å². The van der Waals surface area contributed by atoms with Crippen LogP contribution in [-0.4, -0.2) is 16.7 Å². The number of anilines is 1. The van der Waals surface area contributed by atoms with Gasteiger partial charge in [-0.3, -0.25) is 10.2 Å². The SMILES string of the molecule is N=C(/C=C\Nc1ccc(Cl)cn1)NC(=O)C1(c2ccccc2F)CC1. The number of hydrogen-bond donors (Lipinski definition) is 3. The van der Waals surface area contributed by atoms with Crippen LogP contribution in [0.3, 0.4) is 0 Å². The molecule has 2 aromatic rings. The summed E-state index contributed by atoms with van der Waals surface area (Å²) >= 11 is 5.75. The first kappa shape index (κ1) is 17.1. The first-order chi connectivity index (χ1) is 12.0. The summed E-state index contributed by atoms with van der Waals surface area (Å²) in [5.74, 6) is -0.288. The number of halogens is 2. The molecule has 1 aliphatic rings. The van der Waals surface area contributed by atoms with Gasteiger partial charge in [-0.05, 0) is 37.1 Å². The van der Waals surface area contributed by atoms with Crippen LogP contribution in [0.5, 0.6) is 0 Å². The number of carbonyl (C=O) groups is 1. The summed E-state index contributed by atoms with van der Waals surface area (Å²) in [6, 6.07) is 9.63. The molecule has 1 aromatic carbocycles. The molecule has 0 atom stereocenters. The van der Waals surface area contributed by atoms with Crippen LogP contribution >= 0.6 is 11.6 Å². The molecule has 3 N–H and O–H groups in total. The second-order valence-electron chi connectivity index (χ2n) is 5.77. The largest absolute Gasteiger partial charge is 0.347 e. The quantitative estimate of drug-likeness (QED) is 0.564. The summed E-state index contributed by atoms with van der Waals surface area (Å²) in [5.41, 5.74) is -0.482. The van der Waals surface area contributed by atoms with Crippen LogP contribution in [0.2, 0.25) is 5.02 Å². The smallest absolute Gasteiger partial charge is 0.236 e. The van der Waals surface area contributed by atoms with Gasteiger partial charge in [-0.1, -0.05) is 29.8 Å². The van der Waals surface area contributed by atoms with Crippen molar-refractivity contribution in [2.75, 3.05) is 5.32 Å². The van der Waals surface area contributed by atoms with Crippen molar-refractivity contribution in [2.45, 2.75) is 18.3 Å². The van der Waals surface area contributed by atoms with E-state index in [-0.39, 0.29) is 11.7 Å². The predicted molar refractivity (Wildman–Crippen MR) is 95.2 cm³/mol. The third kappa shape index (κ3) is 3.85. The molecule has 7 heteroatoms. The van der Waals surface area contributed by atoms with Crippen molar-refractivity contribution in [1.29, 1.82) is 5.41 Å². The van der Waals surface area contributed by atoms with Crippen molar-refractivity contribution in [3.63, 3.8) is 0 Å². The van der Waals surface area contributed by atoms with E-state index in [4.69, 9.17) is 17.0 Å². The number of nitrogens with zero attached hydrogens (tertiary/aromatic N) is 1. The van der Waals surface area contributed by atoms with Crippen LogP contribution in [-0.2, 0) is 10.2 Å². The third-order valence-electron chi connectivity index (χ3n) is 4.03. The van der Waals surface area contributed by atoms with Crippen molar-refractivity contribution in [3.05, 3.63) is 71.3 Å². The highest BCUT2D eigenvalue weighted by atomic mass is 35.5. The zero-order valence-electron chi connectivity index (χ0n) is 13.2. The molecule has 1 amide bonds. The first-order valence-electron chi connectivity index (χ1n) is 7.71. The van der Waals surface area contributed by atoms with Crippen LogP contribution in [0.25, 0.3) is 0 Å². The number of carbonyl (C=O) groups excluding carboxylic acids is 1. The molecule has 1 aliphatic carbocycles. The maximum Gasteiger partial charge on any atom is 0.236 e. The van der Waals surface area contributed by atoms with Crippen molar-refractivity contribution >= 4 is 29.2 Å². The van der Waals surface area contributed by atoms with Gasteiger partial charge < -0.3 is 10.6 Å². The maximum atomic E-state index is 14.0. The number of aromatic nitrogens is 1. The van der Waals surface area contributed by atoms with E-state index in [0.717, 1.165) is 0 Å². The highest BCUT2D eigenvalue weighted by Gasteiger charge is 2.52. The van der Waals surface area contributed by atoms with Crippen molar-refractivity contribution in [3.8, 4) is 0 Å². The average Bonchev–Trinajstić information content (AvgIpc) is 3.39. The van der Waals surface area contributed by atoms with E-state index < -0.39 is 11.2 Å². The minimum Gasteiger partial charge on any atom is -0.347 e. The average molecular weight is 359 g/mol. The summed E-state index contributed by atoms with van der Waals surface area (Å²) in [6.45, 7) is 0. The lowest BCUT2D eigenvalue weighted by Crippen LogP contribution is -2.38. The van der Waals surface area contributed by atoms with Crippen LogP contribution in [0.15, 0.2) is 54.9 Å². The molecule has 1 aromatic heterocycles. The number of pyridine rings is 1. The van der Waals surface area contributed by atoms with Crippen LogP contribution in [0.1, 0.15) is 18.4 Å². The van der Waals surface area contributed by atoms with Gasteiger partial charge in [0.15, 0.2) is 0 Å². The molecule has 1 fully saturated rings. The van der Waals surface area contributed by atoms with Gasteiger partial charge in [0.05, 0.1) is 10.4 Å². The van der Waals surface area contributed by atoms with Gasteiger partial charge in [-0.25, -0.2) is 9.37 Å². The lowest BCUT2D eigenvalue weighted by Gasteiger charge is -2.15. The Morgan fingerprint density at radius 2 is 2.04 bits per heavy atom. The lowest BCUT2D eigenvalue weighted by molar-refractivity contribution is -0.122. The molecule has 0 saturated heterocycles. The predicted octanol–water partition coefficient (Wildman–Crippen LogP) is 3.62. The molecular formula is C18H16ClFN4O. The van der Waals surface area contributed by atoms with E-state index in [1.54, 1.807) is 30.3 Å². The molecule has 0 bridgehead atoms. The highest BCUT2D eigenvalue weighted by molar-refractivity contribution is 6.30. The Bertz CT molecular complexity index is 831. The van der Waals surface area contributed by atoms with E-state index in [9.17, 15) is 9.18 Å². The highest BCUT2D eigenvalue weighted by Crippen LogP contribution is 2.49. The molecule has 25 heavy (non-hydrogen) atoms. The van der Waals surface area contributed by atoms with Gasteiger partial charge in [0.25, 0.3) is 0 Å². The Kier molecular flexibility index (Phi) is 4.81. The van der Waals surface area contributed by atoms with Gasteiger partial charge in [0.1, 0.15) is 17.5 Å². The standard InChI is InChI=1S/C18H16ClFN4O/c19-12-5-6-16(23-11-12)22-10-7-15(21)24-17(25)18(8-9-18)13-3-1-2-4-14(13)20/h1-7,10-11H,8-9H2,(H,22,23)(H2,21,24,25)/b10-7-. The fourth-order valence-corrected chi connectivity index (χ4v) is 2.66. The summed E-state index contributed by atoms with van der Waals surface area (Å²) < 4.78 is 14.0. The van der Waals surface area contributed by atoms with Gasteiger partial charge in [-0.15, -0.1) is 0 Å². The third-order valence-corrected chi connectivity index (χ3v) is 4.25. The Morgan fingerprint density at radius 1 is 1.28 bits per heavy atom. The second kappa shape index (κ2) is 7.03. The Hall–Kier alpha value is -2.73. The molecule has 0 spiro atoms. The fourth-order valence-electron chi connectivity index (χ4n) is 2.55. The normalized spacial score (nSPS) is 15.0. The van der Waals surface area contributed by atoms with Gasteiger partial charge in [0.2, 0.25) is 5.91 Å². The van der Waals surface area contributed by atoms with Crippen LogP contribution in [0, 0.1) is 11.2 Å². The summed E-state index contributed by atoms with van der Waals surface area (Å²) in [7, 11) is 0. The number of nitrogens with one attached hydrogen (secondary N) is 3. The van der Waals surface area contributed by atoms with E-state index in [2.05, 4.69) is 15.6 Å². The van der Waals surface area contributed by atoms with Gasteiger partial charge in [-0.2, -0.15) is 0 Å². The topological polar surface area (TPSA) is 77.9 Å². The summed E-state index contributed by atoms with van der Waals surface area (Å²) in [5, 5.41) is 13.8. The molecule has 0 aliphatic heterocycles. The van der Waals surface area contributed by atoms with Crippen LogP contribution in [0.4, 0.5) is 10.2 Å². The monoisotopic (exact) mass is 358 g/mol. The molecule has 1 saturated carbocycles. The number of amides is 1. The Balaban J connectivity index is 1.59. The van der Waals surface area contributed by atoms with Gasteiger partial charge in [0, 0.05) is 18.0 Å². The minimum absolute atomic E-state index is 0.0888. The van der Waals surface area contributed by atoms with Crippen LogP contribution < -0.4 is 10.6 Å². The second-order valence-corrected chi connectivity index (χ2v) is 6.21. The minimum atomic E-state index is -0.864. The zero-order chi connectivity index (χ0) is 17.9. The van der Waals surface area contributed by atoms with Crippen molar-refractivity contribution < 1.29 is 9.18 Å². The molecule has 0 unspecified atom stereocenters. The number of benzene rings is 1. The molecule has 3 rings (SSSR count). The number of rotatable bonds is 5. The first-order valence-corrected chi connectivity index (χ1v) is 8.09. The molecular weight excluding hydrogens is 343 g/mol. The maximum absolute atomic E-state index is 14.0. The van der Waals surface area contributed by atoms with E-state index in [1.807, 2.05) is 0 Å². The van der Waals surface area contributed by atoms with Crippen molar-refractivity contribution in [1.82, 2.24) is 10.3 Å². The molecule has 0 radical (unpaired) electrons. The fraction of sp³-hybridized carbons (Fsp3) is 0.167. The lowest BCUT2D eigenvalue weighted by atomic mass is 9.94. The number of hydrogen-bond acceptors (Lipinski definition) is 4. The number of amidine groups is 1. The molecule has 128 valence electrons. The summed E-state index contributed by atoms with van der Waals surface area (Å²) in [4.78, 5) is 16.5.